The number of nitrogens with one attached hydrogen (secondary N) is 1. The molecule has 160 valence electrons. The Balaban J connectivity index is 1.68. The zero-order valence-corrected chi connectivity index (χ0v) is 18.3. The summed E-state index contributed by atoms with van der Waals surface area (Å²) in [4.78, 5) is 15.5. The van der Waals surface area contributed by atoms with Gasteiger partial charge in [-0.3, -0.25) is 4.79 Å². The van der Waals surface area contributed by atoms with Gasteiger partial charge >= 0.3 is 0 Å². The third kappa shape index (κ3) is 4.43. The average molecular weight is 415 g/mol. The normalized spacial score (nSPS) is 17.7. The van der Waals surface area contributed by atoms with E-state index in [0.717, 1.165) is 36.3 Å². The number of para-hydroxylation sites is 1. The molecule has 1 aliphatic heterocycles. The second kappa shape index (κ2) is 9.25. The number of nitrogens with zero attached hydrogens (tertiary/aromatic N) is 1. The van der Waals surface area contributed by atoms with E-state index < -0.39 is 5.66 Å². The third-order valence-electron chi connectivity index (χ3n) is 5.95. The molecule has 1 unspecified atom stereocenters. The number of hydrogen-bond acceptors (Lipinski definition) is 3. The monoisotopic (exact) mass is 414 g/mol. The van der Waals surface area contributed by atoms with Crippen LogP contribution in [0.15, 0.2) is 78.9 Å². The summed E-state index contributed by atoms with van der Waals surface area (Å²) in [5.74, 6) is 0.883. The number of rotatable bonds is 8. The van der Waals surface area contributed by atoms with Gasteiger partial charge in [-0.15, -0.1) is 0 Å². The van der Waals surface area contributed by atoms with Gasteiger partial charge in [-0.25, -0.2) is 0 Å². The van der Waals surface area contributed by atoms with Crippen LogP contribution in [0.3, 0.4) is 0 Å². The number of ether oxygens (including phenoxy) is 1. The fourth-order valence-electron chi connectivity index (χ4n) is 4.12. The highest BCUT2D eigenvalue weighted by Crippen LogP contribution is 2.38. The van der Waals surface area contributed by atoms with E-state index in [1.165, 1.54) is 5.56 Å². The summed E-state index contributed by atoms with van der Waals surface area (Å²) in [7, 11) is 0. The number of anilines is 1. The summed E-state index contributed by atoms with van der Waals surface area (Å²) in [6.07, 6.45) is 2.91. The molecule has 31 heavy (non-hydrogen) atoms. The van der Waals surface area contributed by atoms with Gasteiger partial charge in [0.2, 0.25) is 0 Å². The van der Waals surface area contributed by atoms with Crippen LogP contribution in [0.2, 0.25) is 0 Å². The van der Waals surface area contributed by atoms with Gasteiger partial charge in [-0.2, -0.15) is 0 Å². The zero-order chi connectivity index (χ0) is 21.7. The molecule has 4 heteroatoms. The largest absolute Gasteiger partial charge is 0.494 e. The molecule has 4 nitrogen and oxygen atoms in total. The molecule has 1 N–H and O–H groups in total. The van der Waals surface area contributed by atoms with Gasteiger partial charge in [0.15, 0.2) is 0 Å². The van der Waals surface area contributed by atoms with Crippen LogP contribution in [-0.4, -0.2) is 24.0 Å². The van der Waals surface area contributed by atoms with Crippen LogP contribution < -0.4 is 10.1 Å². The lowest BCUT2D eigenvalue weighted by Gasteiger charge is -2.47. The minimum absolute atomic E-state index is 0.0464. The fourth-order valence-corrected chi connectivity index (χ4v) is 4.12. The molecule has 0 aliphatic carbocycles. The first-order chi connectivity index (χ1) is 15.1. The second-order valence-corrected chi connectivity index (χ2v) is 8.17. The number of unbranched alkanes of at least 4 members (excludes halogenated alkanes) is 1. The van der Waals surface area contributed by atoms with Crippen LogP contribution in [0.4, 0.5) is 5.69 Å². The van der Waals surface area contributed by atoms with Crippen LogP contribution in [0, 0.1) is 0 Å². The van der Waals surface area contributed by atoms with Crippen LogP contribution in [0.1, 0.15) is 48.2 Å². The third-order valence-corrected chi connectivity index (χ3v) is 5.95. The van der Waals surface area contributed by atoms with Crippen molar-refractivity contribution >= 4 is 11.6 Å². The first-order valence-corrected chi connectivity index (χ1v) is 11.1. The average Bonchev–Trinajstić information content (AvgIpc) is 2.80. The van der Waals surface area contributed by atoms with Gasteiger partial charge in [0.1, 0.15) is 11.4 Å². The van der Waals surface area contributed by atoms with Crippen molar-refractivity contribution in [1.82, 2.24) is 4.90 Å². The van der Waals surface area contributed by atoms with Crippen molar-refractivity contribution in [2.24, 2.45) is 0 Å². The Morgan fingerprint density at radius 1 is 0.968 bits per heavy atom. The van der Waals surface area contributed by atoms with Crippen molar-refractivity contribution in [3.63, 3.8) is 0 Å². The van der Waals surface area contributed by atoms with Crippen LogP contribution in [0.5, 0.6) is 5.75 Å². The molecule has 1 amide bonds. The standard InChI is InChI=1S/C27H30N2O2/c1-3-4-19-31-23-14-10-13-22(20-23)27(2)28-25-16-9-8-15-24(25)26(30)29(27)18-17-21-11-6-5-7-12-21/h5-16,20,28H,3-4,17-19H2,1-2H3. The van der Waals surface area contributed by atoms with E-state index in [1.807, 2.05) is 59.5 Å². The first kappa shape index (κ1) is 21.0. The molecule has 1 aliphatic rings. The number of carbonyl (C=O) groups is 1. The predicted molar refractivity (Wildman–Crippen MR) is 125 cm³/mol. The molecule has 0 saturated heterocycles. The Hall–Kier alpha value is -3.27. The van der Waals surface area contributed by atoms with Crippen molar-refractivity contribution in [2.75, 3.05) is 18.5 Å². The van der Waals surface area contributed by atoms with Crippen molar-refractivity contribution in [2.45, 2.75) is 38.8 Å². The Morgan fingerprint density at radius 3 is 2.55 bits per heavy atom. The molecule has 1 heterocycles. The summed E-state index contributed by atoms with van der Waals surface area (Å²) in [5.41, 5.74) is 3.13. The summed E-state index contributed by atoms with van der Waals surface area (Å²) in [6.45, 7) is 5.54. The van der Waals surface area contributed by atoms with E-state index in [-0.39, 0.29) is 5.91 Å². The molecule has 0 spiro atoms. The topological polar surface area (TPSA) is 41.6 Å². The maximum atomic E-state index is 13.6. The highest BCUT2D eigenvalue weighted by Gasteiger charge is 2.42. The van der Waals surface area contributed by atoms with E-state index in [9.17, 15) is 4.79 Å². The van der Waals surface area contributed by atoms with Gasteiger partial charge in [-0.1, -0.05) is 67.9 Å². The minimum atomic E-state index is -0.676. The lowest BCUT2D eigenvalue weighted by Crippen LogP contribution is -2.56. The molecule has 0 fully saturated rings. The number of benzene rings is 3. The highest BCUT2D eigenvalue weighted by molar-refractivity contribution is 6.02. The molecular weight excluding hydrogens is 384 g/mol. The summed E-state index contributed by atoms with van der Waals surface area (Å²) in [6, 6.07) is 26.2. The molecule has 0 radical (unpaired) electrons. The summed E-state index contributed by atoms with van der Waals surface area (Å²) < 4.78 is 5.95. The Bertz CT molecular complexity index is 1030. The minimum Gasteiger partial charge on any atom is -0.494 e. The lowest BCUT2D eigenvalue weighted by atomic mass is 9.93. The van der Waals surface area contributed by atoms with E-state index in [4.69, 9.17) is 4.74 Å². The SMILES string of the molecule is CCCCOc1cccc(C2(C)Nc3ccccc3C(=O)N2CCc2ccccc2)c1. The number of carbonyl (C=O) groups excluding carboxylic acids is 1. The molecular formula is C27H30N2O2. The Kier molecular flexibility index (Phi) is 6.26. The fraction of sp³-hybridized carbons (Fsp3) is 0.296. The molecule has 3 aromatic carbocycles. The van der Waals surface area contributed by atoms with Crippen molar-refractivity contribution in [3.05, 3.63) is 95.6 Å². The summed E-state index contributed by atoms with van der Waals surface area (Å²) in [5, 5.41) is 3.65. The predicted octanol–water partition coefficient (Wildman–Crippen LogP) is 5.85. The summed E-state index contributed by atoms with van der Waals surface area (Å²) >= 11 is 0. The molecule has 1 atom stereocenters. The van der Waals surface area contributed by atoms with Gasteiger partial charge < -0.3 is 15.0 Å². The molecule has 4 rings (SSSR count). The Labute approximate surface area is 184 Å². The molecule has 0 aromatic heterocycles. The highest BCUT2D eigenvalue weighted by atomic mass is 16.5. The quantitative estimate of drug-likeness (QED) is 0.470. The van der Waals surface area contributed by atoms with Crippen LogP contribution in [0.25, 0.3) is 0 Å². The van der Waals surface area contributed by atoms with Crippen LogP contribution in [-0.2, 0) is 12.1 Å². The Morgan fingerprint density at radius 2 is 1.74 bits per heavy atom. The number of hydrogen-bond donors (Lipinski definition) is 1. The van der Waals surface area contributed by atoms with E-state index >= 15 is 0 Å². The lowest BCUT2D eigenvalue weighted by molar-refractivity contribution is 0.0538. The first-order valence-electron chi connectivity index (χ1n) is 11.1. The van der Waals surface area contributed by atoms with Gasteiger partial charge in [-0.05, 0) is 49.6 Å². The maximum absolute atomic E-state index is 13.6. The van der Waals surface area contributed by atoms with E-state index in [0.29, 0.717) is 18.7 Å². The van der Waals surface area contributed by atoms with E-state index in [1.54, 1.807) is 0 Å². The van der Waals surface area contributed by atoms with Crippen molar-refractivity contribution < 1.29 is 9.53 Å². The van der Waals surface area contributed by atoms with Crippen LogP contribution >= 0.6 is 0 Å². The van der Waals surface area contributed by atoms with Gasteiger partial charge in [0.05, 0.1) is 12.2 Å². The van der Waals surface area contributed by atoms with Gasteiger partial charge in [0, 0.05) is 17.8 Å². The van der Waals surface area contributed by atoms with Gasteiger partial charge in [0.25, 0.3) is 5.91 Å². The second-order valence-electron chi connectivity index (χ2n) is 8.17. The smallest absolute Gasteiger partial charge is 0.258 e. The van der Waals surface area contributed by atoms with Crippen molar-refractivity contribution in [3.8, 4) is 5.75 Å². The zero-order valence-electron chi connectivity index (χ0n) is 18.3. The molecule has 0 saturated carbocycles. The molecule has 0 bridgehead atoms. The number of fused-ring (bicyclic) bond motifs is 1. The number of amides is 1. The maximum Gasteiger partial charge on any atom is 0.258 e. The van der Waals surface area contributed by atoms with E-state index in [2.05, 4.69) is 43.4 Å². The van der Waals surface area contributed by atoms with Crippen molar-refractivity contribution in [1.29, 1.82) is 0 Å². The molecule has 3 aromatic rings.